The fraction of sp³-hybridized carbons (Fsp3) is 0.0488. The van der Waals surface area contributed by atoms with Gasteiger partial charge in [-0.15, -0.1) is 0 Å². The van der Waals surface area contributed by atoms with Gasteiger partial charge in [-0.3, -0.25) is 4.98 Å². The molecule has 0 saturated heterocycles. The monoisotopic (exact) mass is 578 g/mol. The van der Waals surface area contributed by atoms with E-state index in [2.05, 4.69) is 133 Å². The van der Waals surface area contributed by atoms with Gasteiger partial charge in [0.1, 0.15) is 0 Å². The van der Waals surface area contributed by atoms with Gasteiger partial charge in [-0.25, -0.2) is 9.97 Å². The molecule has 0 aliphatic carbocycles. The van der Waals surface area contributed by atoms with E-state index in [4.69, 9.17) is 9.97 Å². The molecule has 0 aliphatic rings. The van der Waals surface area contributed by atoms with Crippen molar-refractivity contribution < 1.29 is 0 Å². The first-order valence-corrected chi connectivity index (χ1v) is 15.2. The van der Waals surface area contributed by atoms with Crippen LogP contribution in [-0.4, -0.2) is 19.5 Å². The number of nitrogens with zero attached hydrogens (tertiary/aromatic N) is 4. The Morgan fingerprint density at radius 1 is 0.467 bits per heavy atom. The summed E-state index contributed by atoms with van der Waals surface area (Å²) in [5, 5.41) is 2.56. The third-order valence-electron chi connectivity index (χ3n) is 8.43. The molecule has 3 aromatic heterocycles. The Balaban J connectivity index is 1.22. The second-order valence-corrected chi connectivity index (χ2v) is 11.6. The lowest BCUT2D eigenvalue weighted by Crippen LogP contribution is -1.97. The van der Waals surface area contributed by atoms with Gasteiger partial charge in [0.15, 0.2) is 5.82 Å². The quantitative estimate of drug-likeness (QED) is 0.204. The number of benzene rings is 5. The van der Waals surface area contributed by atoms with E-state index >= 15 is 0 Å². The maximum absolute atomic E-state index is 5.05. The number of hydrogen-bond acceptors (Lipinski definition) is 3. The maximum Gasteiger partial charge on any atom is 0.160 e. The second-order valence-electron chi connectivity index (χ2n) is 11.6. The van der Waals surface area contributed by atoms with Crippen molar-refractivity contribution in [2.45, 2.75) is 13.8 Å². The average molecular weight is 579 g/mol. The number of rotatable bonds is 5. The van der Waals surface area contributed by atoms with Crippen LogP contribution in [0.4, 0.5) is 0 Å². The van der Waals surface area contributed by atoms with Crippen molar-refractivity contribution in [2.75, 3.05) is 0 Å². The van der Waals surface area contributed by atoms with Gasteiger partial charge < -0.3 is 4.57 Å². The predicted molar refractivity (Wildman–Crippen MR) is 185 cm³/mol. The molecule has 0 N–H and O–H groups in total. The maximum atomic E-state index is 5.05. The molecule has 0 amide bonds. The van der Waals surface area contributed by atoms with Gasteiger partial charge in [0.05, 0.1) is 22.4 Å². The summed E-state index contributed by atoms with van der Waals surface area (Å²) in [6.45, 7) is 4.31. The summed E-state index contributed by atoms with van der Waals surface area (Å²) in [5.74, 6) is 0.705. The summed E-state index contributed by atoms with van der Waals surface area (Å²) >= 11 is 0. The Hall–Kier alpha value is -5.87. The van der Waals surface area contributed by atoms with E-state index in [-0.39, 0.29) is 0 Å². The molecule has 0 atom stereocenters. The van der Waals surface area contributed by atoms with E-state index in [0.717, 1.165) is 44.9 Å². The molecule has 8 rings (SSSR count). The first-order chi connectivity index (χ1) is 22.1. The van der Waals surface area contributed by atoms with Crippen molar-refractivity contribution >= 4 is 21.8 Å². The van der Waals surface area contributed by atoms with Crippen LogP contribution in [0.1, 0.15) is 11.1 Å². The summed E-state index contributed by atoms with van der Waals surface area (Å²) in [4.78, 5) is 14.3. The zero-order valence-corrected chi connectivity index (χ0v) is 25.1. The molecule has 45 heavy (non-hydrogen) atoms. The molecule has 0 fully saturated rings. The summed E-state index contributed by atoms with van der Waals surface area (Å²) in [6.07, 6.45) is 3.68. The average Bonchev–Trinajstić information content (AvgIpc) is 3.41. The van der Waals surface area contributed by atoms with Crippen LogP contribution in [0.15, 0.2) is 146 Å². The molecule has 0 unspecified atom stereocenters. The van der Waals surface area contributed by atoms with Gasteiger partial charge in [-0.1, -0.05) is 96.1 Å². The lowest BCUT2D eigenvalue weighted by molar-refractivity contribution is 1.17. The smallest absolute Gasteiger partial charge is 0.160 e. The Labute approximate surface area is 262 Å². The summed E-state index contributed by atoms with van der Waals surface area (Å²) in [7, 11) is 0. The zero-order chi connectivity index (χ0) is 30.3. The van der Waals surface area contributed by atoms with Crippen LogP contribution in [0.25, 0.3) is 72.5 Å². The van der Waals surface area contributed by atoms with Crippen LogP contribution in [0.2, 0.25) is 0 Å². The predicted octanol–water partition coefficient (Wildman–Crippen LogP) is 10.3. The highest BCUT2D eigenvalue weighted by Crippen LogP contribution is 2.35. The minimum absolute atomic E-state index is 0.705. The van der Waals surface area contributed by atoms with E-state index in [9.17, 15) is 0 Å². The van der Waals surface area contributed by atoms with Gasteiger partial charge >= 0.3 is 0 Å². The van der Waals surface area contributed by atoms with Crippen molar-refractivity contribution in [3.05, 3.63) is 157 Å². The molecule has 0 radical (unpaired) electrons. The van der Waals surface area contributed by atoms with Gasteiger partial charge in [-0.05, 0) is 73.5 Å². The highest BCUT2D eigenvalue weighted by Gasteiger charge is 2.15. The van der Waals surface area contributed by atoms with E-state index in [0.29, 0.717) is 5.82 Å². The van der Waals surface area contributed by atoms with Crippen molar-refractivity contribution in [2.24, 2.45) is 0 Å². The molecule has 4 nitrogen and oxygen atoms in total. The van der Waals surface area contributed by atoms with E-state index in [1.54, 1.807) is 6.20 Å². The SMILES string of the molecule is Cc1ccc2c(c1)c1cc(C)ccc1n2-c1ccc(-c2cc(-c3ccc(-c4cccnc4)cc3)nc(-c3ccccc3)n2)cc1. The number of aryl methyl sites for hydroxylation is 2. The normalized spacial score (nSPS) is 11.3. The number of aromatic nitrogens is 4. The Morgan fingerprint density at radius 2 is 1.02 bits per heavy atom. The van der Waals surface area contributed by atoms with E-state index in [1.807, 2.05) is 30.5 Å². The minimum atomic E-state index is 0.705. The van der Waals surface area contributed by atoms with Crippen molar-refractivity contribution in [1.29, 1.82) is 0 Å². The largest absolute Gasteiger partial charge is 0.309 e. The van der Waals surface area contributed by atoms with Crippen molar-refractivity contribution in [3.8, 4) is 50.7 Å². The third-order valence-corrected chi connectivity index (χ3v) is 8.43. The molecule has 0 bridgehead atoms. The third kappa shape index (κ3) is 4.96. The summed E-state index contributed by atoms with van der Waals surface area (Å²) < 4.78 is 2.36. The minimum Gasteiger partial charge on any atom is -0.309 e. The second kappa shape index (κ2) is 11.0. The van der Waals surface area contributed by atoms with Crippen LogP contribution in [0, 0.1) is 13.8 Å². The Bertz CT molecular complexity index is 2240. The number of fused-ring (bicyclic) bond motifs is 3. The molecule has 5 aromatic carbocycles. The molecule has 0 spiro atoms. The lowest BCUT2D eigenvalue weighted by Gasteiger charge is -2.12. The lowest BCUT2D eigenvalue weighted by atomic mass is 10.0. The topological polar surface area (TPSA) is 43.6 Å². The molecule has 214 valence electrons. The van der Waals surface area contributed by atoms with Crippen LogP contribution < -0.4 is 0 Å². The zero-order valence-electron chi connectivity index (χ0n) is 25.1. The summed E-state index contributed by atoms with van der Waals surface area (Å²) in [5.41, 5.74) is 13.1. The van der Waals surface area contributed by atoms with Crippen molar-refractivity contribution in [1.82, 2.24) is 19.5 Å². The van der Waals surface area contributed by atoms with Crippen LogP contribution in [0.3, 0.4) is 0 Å². The molecular weight excluding hydrogens is 548 g/mol. The molecule has 4 heteroatoms. The first-order valence-electron chi connectivity index (χ1n) is 15.2. The molecular formula is C41H30N4. The summed E-state index contributed by atoms with van der Waals surface area (Å²) in [6, 6.07) is 47.0. The fourth-order valence-corrected chi connectivity index (χ4v) is 6.14. The number of hydrogen-bond donors (Lipinski definition) is 0. The van der Waals surface area contributed by atoms with Crippen LogP contribution in [-0.2, 0) is 0 Å². The van der Waals surface area contributed by atoms with Crippen molar-refractivity contribution in [3.63, 3.8) is 0 Å². The highest BCUT2D eigenvalue weighted by atomic mass is 15.0. The van der Waals surface area contributed by atoms with Gasteiger partial charge in [0.25, 0.3) is 0 Å². The Kier molecular flexibility index (Phi) is 6.54. The van der Waals surface area contributed by atoms with Gasteiger partial charge in [-0.2, -0.15) is 0 Å². The van der Waals surface area contributed by atoms with Crippen LogP contribution in [0.5, 0.6) is 0 Å². The highest BCUT2D eigenvalue weighted by molar-refractivity contribution is 6.09. The Morgan fingerprint density at radius 3 is 1.60 bits per heavy atom. The van der Waals surface area contributed by atoms with E-state index in [1.165, 1.54) is 32.9 Å². The first kappa shape index (κ1) is 26.7. The number of pyridine rings is 1. The fourth-order valence-electron chi connectivity index (χ4n) is 6.14. The molecule has 0 saturated carbocycles. The van der Waals surface area contributed by atoms with E-state index < -0.39 is 0 Å². The molecule has 3 heterocycles. The molecule has 0 aliphatic heterocycles. The van der Waals surface area contributed by atoms with Gasteiger partial charge in [0.2, 0.25) is 0 Å². The standard InChI is InChI=1S/C41H30N4/c1-27-10-20-39-35(23-27)36-24-28(2)11-21-40(36)45(39)34-18-16-31(17-19-34)38-25-37(43-41(44-38)32-7-4-3-5-8-32)30-14-12-29(13-15-30)33-9-6-22-42-26-33/h3-26H,1-2H3. The molecule has 8 aromatic rings. The van der Waals surface area contributed by atoms with Crippen LogP contribution >= 0.6 is 0 Å². The van der Waals surface area contributed by atoms with Gasteiger partial charge in [0, 0.05) is 45.5 Å².